The molecule has 1 nitrogen and oxygen atoms in total. The fraction of sp³-hybridized carbons (Fsp3) is 1.00. The monoisotopic (exact) mass is 203 g/mol. The lowest BCUT2D eigenvalue weighted by molar-refractivity contribution is 0.425. The van der Waals surface area contributed by atoms with E-state index in [0.717, 1.165) is 6.61 Å². The highest BCUT2D eigenvalue weighted by Crippen LogP contribution is 2.16. The van der Waals surface area contributed by atoms with Crippen molar-refractivity contribution in [3.63, 3.8) is 0 Å². The molecule has 1 aliphatic heterocycles. The SMILES string of the molecule is CCCC[S+](CCCC)CC1CO1. The second kappa shape index (κ2) is 6.72. The van der Waals surface area contributed by atoms with Crippen molar-refractivity contribution in [2.45, 2.75) is 45.6 Å². The first kappa shape index (κ1) is 11.4. The minimum absolute atomic E-state index is 0.650. The number of rotatable bonds is 8. The normalized spacial score (nSPS) is 21.0. The van der Waals surface area contributed by atoms with Crippen molar-refractivity contribution in [3.8, 4) is 0 Å². The van der Waals surface area contributed by atoms with Crippen LogP contribution >= 0.6 is 0 Å². The molecule has 0 aromatic carbocycles. The van der Waals surface area contributed by atoms with Gasteiger partial charge in [-0.3, -0.25) is 0 Å². The fourth-order valence-corrected chi connectivity index (χ4v) is 4.04. The molecule has 1 aliphatic rings. The van der Waals surface area contributed by atoms with Gasteiger partial charge in [0, 0.05) is 0 Å². The second-order valence-electron chi connectivity index (χ2n) is 3.85. The lowest BCUT2D eigenvalue weighted by Crippen LogP contribution is -2.19. The summed E-state index contributed by atoms with van der Waals surface area (Å²) >= 11 is 0. The van der Waals surface area contributed by atoms with Crippen LogP contribution in [0.2, 0.25) is 0 Å². The third-order valence-electron chi connectivity index (χ3n) is 2.40. The third-order valence-corrected chi connectivity index (χ3v) is 4.97. The van der Waals surface area contributed by atoms with Gasteiger partial charge in [-0.2, -0.15) is 0 Å². The van der Waals surface area contributed by atoms with Gasteiger partial charge < -0.3 is 4.74 Å². The Balaban J connectivity index is 2.08. The quantitative estimate of drug-likeness (QED) is 0.436. The van der Waals surface area contributed by atoms with Crippen LogP contribution in [-0.4, -0.2) is 30.0 Å². The average Bonchev–Trinajstić information content (AvgIpc) is 2.93. The van der Waals surface area contributed by atoms with E-state index in [9.17, 15) is 0 Å². The van der Waals surface area contributed by atoms with Crippen LogP contribution in [0.25, 0.3) is 0 Å². The first-order valence-corrected chi connectivity index (χ1v) is 7.35. The van der Waals surface area contributed by atoms with Crippen LogP contribution in [0.5, 0.6) is 0 Å². The molecule has 78 valence electrons. The Labute approximate surface area is 85.6 Å². The molecule has 0 aliphatic carbocycles. The second-order valence-corrected chi connectivity index (χ2v) is 6.22. The Morgan fingerprint density at radius 3 is 2.08 bits per heavy atom. The van der Waals surface area contributed by atoms with Crippen molar-refractivity contribution >= 4 is 10.9 Å². The number of hydrogen-bond acceptors (Lipinski definition) is 1. The van der Waals surface area contributed by atoms with Crippen molar-refractivity contribution in [1.29, 1.82) is 0 Å². The Hall–Kier alpha value is 0.310. The summed E-state index contributed by atoms with van der Waals surface area (Å²) in [5.74, 6) is 4.27. The van der Waals surface area contributed by atoms with E-state index in [-0.39, 0.29) is 0 Å². The number of hydrogen-bond donors (Lipinski definition) is 0. The topological polar surface area (TPSA) is 12.5 Å². The van der Waals surface area contributed by atoms with Gasteiger partial charge in [-0.1, -0.05) is 26.7 Å². The molecule has 1 atom stereocenters. The molecule has 1 unspecified atom stereocenters. The molecule has 1 rings (SSSR count). The maximum absolute atomic E-state index is 5.31. The number of unbranched alkanes of at least 4 members (excludes halogenated alkanes) is 2. The molecular weight excluding hydrogens is 180 g/mol. The third kappa shape index (κ3) is 5.58. The summed E-state index contributed by atoms with van der Waals surface area (Å²) in [4.78, 5) is 0. The van der Waals surface area contributed by atoms with Crippen LogP contribution in [0, 0.1) is 0 Å². The summed E-state index contributed by atoms with van der Waals surface area (Å²) in [6.45, 7) is 5.62. The van der Waals surface area contributed by atoms with E-state index in [1.165, 1.54) is 42.9 Å². The van der Waals surface area contributed by atoms with Gasteiger partial charge in [0.1, 0.15) is 23.4 Å². The summed E-state index contributed by atoms with van der Waals surface area (Å²) in [6, 6.07) is 0. The number of ether oxygens (including phenoxy) is 1. The van der Waals surface area contributed by atoms with E-state index in [1.54, 1.807) is 0 Å². The van der Waals surface area contributed by atoms with Gasteiger partial charge in [-0.05, 0) is 23.7 Å². The molecule has 0 N–H and O–H groups in total. The predicted octanol–water partition coefficient (Wildman–Crippen LogP) is 2.60. The maximum Gasteiger partial charge on any atom is 0.136 e. The molecule has 0 saturated carbocycles. The van der Waals surface area contributed by atoms with Crippen LogP contribution in [-0.2, 0) is 15.6 Å². The van der Waals surface area contributed by atoms with E-state index >= 15 is 0 Å². The maximum atomic E-state index is 5.31. The van der Waals surface area contributed by atoms with Crippen molar-refractivity contribution in [2.24, 2.45) is 0 Å². The van der Waals surface area contributed by atoms with Gasteiger partial charge >= 0.3 is 0 Å². The zero-order chi connectivity index (χ0) is 9.52. The van der Waals surface area contributed by atoms with Crippen molar-refractivity contribution in [3.05, 3.63) is 0 Å². The van der Waals surface area contributed by atoms with Gasteiger partial charge in [0.15, 0.2) is 0 Å². The van der Waals surface area contributed by atoms with Crippen molar-refractivity contribution in [2.75, 3.05) is 23.9 Å². The van der Waals surface area contributed by atoms with Crippen LogP contribution in [0.1, 0.15) is 39.5 Å². The van der Waals surface area contributed by atoms with E-state index in [0.29, 0.717) is 17.0 Å². The Kier molecular flexibility index (Phi) is 5.88. The lowest BCUT2D eigenvalue weighted by Gasteiger charge is -2.06. The highest BCUT2D eigenvalue weighted by Gasteiger charge is 2.31. The molecule has 1 fully saturated rings. The summed E-state index contributed by atoms with van der Waals surface area (Å²) < 4.78 is 5.31. The van der Waals surface area contributed by atoms with Crippen molar-refractivity contribution < 1.29 is 4.74 Å². The molecule has 13 heavy (non-hydrogen) atoms. The Morgan fingerprint density at radius 1 is 1.15 bits per heavy atom. The van der Waals surface area contributed by atoms with Crippen LogP contribution in [0.3, 0.4) is 0 Å². The predicted molar refractivity (Wildman–Crippen MR) is 61.5 cm³/mol. The summed E-state index contributed by atoms with van der Waals surface area (Å²) in [7, 11) is 0.683. The van der Waals surface area contributed by atoms with E-state index < -0.39 is 0 Å². The Bertz CT molecular complexity index is 115. The zero-order valence-corrected chi connectivity index (χ0v) is 9.87. The summed E-state index contributed by atoms with van der Waals surface area (Å²) in [5, 5.41) is 0. The minimum Gasteiger partial charge on any atom is -0.368 e. The molecule has 0 bridgehead atoms. The highest BCUT2D eigenvalue weighted by molar-refractivity contribution is 7.96. The Morgan fingerprint density at radius 2 is 1.69 bits per heavy atom. The molecular formula is C11H23OS+. The first-order valence-electron chi connectivity index (χ1n) is 5.62. The molecule has 0 radical (unpaired) electrons. The van der Waals surface area contributed by atoms with Crippen LogP contribution < -0.4 is 0 Å². The van der Waals surface area contributed by atoms with Gasteiger partial charge in [-0.15, -0.1) is 0 Å². The largest absolute Gasteiger partial charge is 0.368 e. The summed E-state index contributed by atoms with van der Waals surface area (Å²) in [6.07, 6.45) is 6.18. The molecule has 0 aromatic rings. The van der Waals surface area contributed by atoms with Gasteiger partial charge in [0.2, 0.25) is 0 Å². The van der Waals surface area contributed by atoms with E-state index in [4.69, 9.17) is 4.74 Å². The smallest absolute Gasteiger partial charge is 0.136 e. The number of epoxide rings is 1. The van der Waals surface area contributed by atoms with Crippen LogP contribution in [0.15, 0.2) is 0 Å². The lowest BCUT2D eigenvalue weighted by atomic mass is 10.4. The highest BCUT2D eigenvalue weighted by atomic mass is 32.2. The average molecular weight is 203 g/mol. The van der Waals surface area contributed by atoms with Gasteiger partial charge in [0.05, 0.1) is 6.61 Å². The zero-order valence-electron chi connectivity index (χ0n) is 9.05. The van der Waals surface area contributed by atoms with E-state index in [2.05, 4.69) is 13.8 Å². The molecule has 2 heteroatoms. The van der Waals surface area contributed by atoms with Gasteiger partial charge in [-0.25, -0.2) is 0 Å². The van der Waals surface area contributed by atoms with Crippen molar-refractivity contribution in [1.82, 2.24) is 0 Å². The molecule has 1 heterocycles. The fourth-order valence-electron chi connectivity index (χ4n) is 1.39. The molecule has 0 spiro atoms. The standard InChI is InChI=1S/C11H23OS/c1-3-5-7-13(8-6-4-2)10-11-9-12-11/h11H,3-10H2,1-2H3/q+1. The molecule has 0 amide bonds. The summed E-state index contributed by atoms with van der Waals surface area (Å²) in [5.41, 5.74) is 0. The van der Waals surface area contributed by atoms with Crippen LogP contribution in [0.4, 0.5) is 0 Å². The van der Waals surface area contributed by atoms with E-state index in [1.807, 2.05) is 0 Å². The van der Waals surface area contributed by atoms with Gasteiger partial charge in [0.25, 0.3) is 0 Å². The molecule has 0 aromatic heterocycles. The first-order chi connectivity index (χ1) is 6.36. The molecule has 1 saturated heterocycles. The minimum atomic E-state index is 0.650.